The third-order valence-electron chi connectivity index (χ3n) is 10.7. The molecule has 8 aromatic heterocycles. The van der Waals surface area contributed by atoms with Crippen molar-refractivity contribution in [2.75, 3.05) is 4.90 Å². The Morgan fingerprint density at radius 3 is 1.39 bits per heavy atom. The molecular weight excluding hydrogens is 671 g/mol. The summed E-state index contributed by atoms with van der Waals surface area (Å²) in [4.78, 5) is 42.5. The highest BCUT2D eigenvalue weighted by molar-refractivity contribution is 6.25. The molecule has 11 heteroatoms. The topological polar surface area (TPSA) is 116 Å². The second-order valence-electron chi connectivity index (χ2n) is 13.2. The van der Waals surface area contributed by atoms with E-state index in [2.05, 4.69) is 56.5 Å². The highest BCUT2D eigenvalue weighted by Crippen LogP contribution is 2.52. The van der Waals surface area contributed by atoms with Gasteiger partial charge in [-0.1, -0.05) is 19.9 Å². The number of anilines is 2. The largest absolute Gasteiger partial charge is 0.264 e. The lowest BCUT2D eigenvalue weighted by Crippen LogP contribution is -2.32. The van der Waals surface area contributed by atoms with Gasteiger partial charge in [0, 0.05) is 69.5 Å². The van der Waals surface area contributed by atoms with Crippen molar-refractivity contribution in [3.05, 3.63) is 122 Å². The van der Waals surface area contributed by atoms with E-state index in [1.807, 2.05) is 87.4 Å². The summed E-state index contributed by atoms with van der Waals surface area (Å²) in [5.74, 6) is 2.41. The maximum atomic E-state index is 5.56. The van der Waals surface area contributed by atoms with Gasteiger partial charge in [0.15, 0.2) is 0 Å². The van der Waals surface area contributed by atoms with Crippen LogP contribution in [0.4, 0.5) is 11.6 Å². The van der Waals surface area contributed by atoms with Crippen LogP contribution >= 0.6 is 0 Å². The average Bonchev–Trinajstić information content (AvgIpc) is 3.86. The number of allylic oxidation sites excluding steroid dienone is 1. The molecule has 0 aliphatic carbocycles. The summed E-state index contributed by atoms with van der Waals surface area (Å²) in [5.41, 5.74) is 10.7. The molecule has 0 saturated heterocycles. The van der Waals surface area contributed by atoms with Gasteiger partial charge >= 0.3 is 0 Å². The van der Waals surface area contributed by atoms with Crippen LogP contribution in [0.3, 0.4) is 0 Å². The molecule has 0 radical (unpaired) electrons. The third kappa shape index (κ3) is 3.50. The number of pyridine rings is 6. The highest BCUT2D eigenvalue weighted by atomic mass is 15.5. The molecule has 0 fully saturated rings. The van der Waals surface area contributed by atoms with Crippen LogP contribution in [0.5, 0.6) is 0 Å². The molecule has 0 saturated carbocycles. The molecule has 0 bridgehead atoms. The number of aromatic nitrogens is 10. The summed E-state index contributed by atoms with van der Waals surface area (Å²) in [5, 5.41) is 5.84. The van der Waals surface area contributed by atoms with E-state index in [0.29, 0.717) is 6.42 Å². The molecule has 54 heavy (non-hydrogen) atoms. The van der Waals surface area contributed by atoms with Crippen molar-refractivity contribution in [3.63, 3.8) is 0 Å². The van der Waals surface area contributed by atoms with E-state index < -0.39 is 0 Å². The van der Waals surface area contributed by atoms with Crippen molar-refractivity contribution in [1.29, 1.82) is 0 Å². The van der Waals surface area contributed by atoms with Crippen molar-refractivity contribution in [3.8, 4) is 5.95 Å². The number of fused-ring (bicyclic) bond motifs is 27. The molecule has 3 aromatic carbocycles. The van der Waals surface area contributed by atoms with Crippen molar-refractivity contribution < 1.29 is 0 Å². The Bertz CT molecular complexity index is 3470. The highest BCUT2D eigenvalue weighted by Gasteiger charge is 2.39. The van der Waals surface area contributed by atoms with Gasteiger partial charge in [0.1, 0.15) is 16.9 Å². The zero-order valence-corrected chi connectivity index (χ0v) is 29.1. The molecule has 11 aromatic rings. The third-order valence-corrected chi connectivity index (χ3v) is 10.7. The molecule has 10 heterocycles. The minimum absolute atomic E-state index is 0.679. The van der Waals surface area contributed by atoms with Crippen molar-refractivity contribution in [2.45, 2.75) is 20.3 Å². The predicted octanol–water partition coefficient (Wildman–Crippen LogP) is 9.20. The number of benzene rings is 3. The zero-order chi connectivity index (χ0) is 35.7. The molecule has 0 atom stereocenters. The maximum Gasteiger partial charge on any atom is 0.224 e. The molecule has 2 aliphatic rings. The summed E-state index contributed by atoms with van der Waals surface area (Å²) in [6.45, 7) is 4.00. The lowest BCUT2D eigenvalue weighted by Gasteiger charge is -2.37. The van der Waals surface area contributed by atoms with Gasteiger partial charge in [0.05, 0.1) is 49.8 Å². The van der Waals surface area contributed by atoms with Gasteiger partial charge in [0.25, 0.3) is 0 Å². The van der Waals surface area contributed by atoms with Crippen LogP contribution in [-0.2, 0) is 6.42 Å². The van der Waals surface area contributed by atoms with Gasteiger partial charge < -0.3 is 0 Å². The van der Waals surface area contributed by atoms with E-state index in [1.54, 1.807) is 0 Å². The van der Waals surface area contributed by atoms with Crippen LogP contribution in [0.2, 0.25) is 0 Å². The first kappa shape index (κ1) is 29.2. The lowest BCUT2D eigenvalue weighted by atomic mass is 9.95. The minimum Gasteiger partial charge on any atom is -0.264 e. The average molecular weight is 698 g/mol. The summed E-state index contributed by atoms with van der Waals surface area (Å²) in [7, 11) is 0. The number of nitrogens with zero attached hydrogens (tertiary/aromatic N) is 11. The number of imidazole rings is 2. The van der Waals surface area contributed by atoms with Crippen molar-refractivity contribution >= 4 is 105 Å². The summed E-state index contributed by atoms with van der Waals surface area (Å²) >= 11 is 0. The monoisotopic (exact) mass is 697 g/mol. The Morgan fingerprint density at radius 2 is 0.833 bits per heavy atom. The molecule has 0 unspecified atom stereocenters. The quantitative estimate of drug-likeness (QED) is 0.143. The molecule has 254 valence electrons. The van der Waals surface area contributed by atoms with Crippen molar-refractivity contribution in [2.24, 2.45) is 0 Å². The van der Waals surface area contributed by atoms with Crippen LogP contribution in [0.25, 0.3) is 99.3 Å². The van der Waals surface area contributed by atoms with Gasteiger partial charge in [-0.3, -0.25) is 39.4 Å². The van der Waals surface area contributed by atoms with E-state index in [4.69, 9.17) is 39.9 Å². The first-order chi connectivity index (χ1) is 26.8. The zero-order valence-electron chi connectivity index (χ0n) is 29.1. The second kappa shape index (κ2) is 10.6. The van der Waals surface area contributed by atoms with E-state index >= 15 is 0 Å². The van der Waals surface area contributed by atoms with Crippen LogP contribution in [0.1, 0.15) is 19.4 Å². The van der Waals surface area contributed by atoms with E-state index in [1.165, 1.54) is 0 Å². The fraction of sp³-hybridized carbons (Fsp3) is 0.0698. The smallest absolute Gasteiger partial charge is 0.224 e. The maximum absolute atomic E-state index is 5.56. The van der Waals surface area contributed by atoms with Gasteiger partial charge in [0.2, 0.25) is 11.9 Å². The van der Waals surface area contributed by atoms with Gasteiger partial charge in [-0.2, -0.15) is 0 Å². The van der Waals surface area contributed by atoms with Crippen LogP contribution in [0.15, 0.2) is 116 Å². The Labute approximate surface area is 305 Å². The molecule has 0 spiro atoms. The Balaban J connectivity index is 0.00000160. The summed E-state index contributed by atoms with van der Waals surface area (Å²) in [6, 6.07) is 24.6. The van der Waals surface area contributed by atoms with E-state index in [-0.39, 0.29) is 0 Å². The fourth-order valence-corrected chi connectivity index (χ4v) is 8.70. The van der Waals surface area contributed by atoms with E-state index in [0.717, 1.165) is 116 Å². The normalized spacial score (nSPS) is 13.4. The predicted molar refractivity (Wildman–Crippen MR) is 214 cm³/mol. The van der Waals surface area contributed by atoms with Crippen molar-refractivity contribution in [1.82, 2.24) is 49.0 Å². The van der Waals surface area contributed by atoms with Crippen LogP contribution in [0, 0.1) is 0 Å². The fourth-order valence-electron chi connectivity index (χ4n) is 8.70. The Kier molecular flexibility index (Phi) is 5.72. The van der Waals surface area contributed by atoms with Gasteiger partial charge in [-0.15, -0.1) is 0 Å². The van der Waals surface area contributed by atoms with Gasteiger partial charge in [-0.25, -0.2) is 14.5 Å². The molecule has 11 nitrogen and oxygen atoms in total. The van der Waals surface area contributed by atoms with Gasteiger partial charge in [-0.05, 0) is 84.8 Å². The molecule has 0 N–H and O–H groups in total. The van der Waals surface area contributed by atoms with Crippen LogP contribution < -0.4 is 4.90 Å². The SMILES string of the molecule is C1=C2N(c3c(c4cccnc4c4ncccc34)C1)c1nc3c4cccnc4c4ncccc4c3n1-c1nc3c4cccnc4c4ncccc4c3n12.CC. The second-order valence-corrected chi connectivity index (χ2v) is 13.2. The summed E-state index contributed by atoms with van der Waals surface area (Å²) < 4.78 is 4.49. The summed E-state index contributed by atoms with van der Waals surface area (Å²) in [6.07, 6.45) is 13.9. The standard InChI is InChI=1S/C41H21N11.C2H6/c1-7-21-22-13-14-28-50(37(22)25-10-4-18-45-32(25)29(21)42-15-1)40-49-36-24-9-3-17-44-31(24)34-27(12-6-20-47-34)39(36)52(40)41-48-35-23-8-2-16-43-30(23)33-26(11-5-19-46-33)38(35)51(28)41;1-2/h1-12,14-20H,13H2;1-2H3. The first-order valence-electron chi connectivity index (χ1n) is 18.1. The number of rotatable bonds is 0. The first-order valence-corrected chi connectivity index (χ1v) is 18.1. The number of hydrogen-bond donors (Lipinski definition) is 0. The minimum atomic E-state index is 0.679. The molecule has 13 rings (SSSR count). The van der Waals surface area contributed by atoms with Crippen LogP contribution in [-0.4, -0.2) is 49.0 Å². The van der Waals surface area contributed by atoms with E-state index in [9.17, 15) is 0 Å². The Morgan fingerprint density at radius 1 is 0.426 bits per heavy atom. The number of hydrogen-bond acceptors (Lipinski definition) is 9. The Hall–Kier alpha value is -7.40. The molecular formula is C43H27N11. The molecule has 0 amide bonds. The lowest BCUT2D eigenvalue weighted by molar-refractivity contribution is 0.848. The molecule has 2 aliphatic heterocycles.